The maximum atomic E-state index is 4.04. The average Bonchev–Trinajstić information content (AvgIpc) is 2.93. The second-order valence-electron chi connectivity index (χ2n) is 6.62. The lowest BCUT2D eigenvalue weighted by Crippen LogP contribution is -2.21. The van der Waals surface area contributed by atoms with Crippen molar-refractivity contribution < 1.29 is 0 Å². The van der Waals surface area contributed by atoms with Crippen LogP contribution in [0.15, 0.2) is 49.6 Å². The van der Waals surface area contributed by atoms with Crippen LogP contribution < -0.4 is 0 Å². The lowest BCUT2D eigenvalue weighted by atomic mass is 9.74. The Kier molecular flexibility index (Phi) is 5.88. The molecule has 2 rings (SSSR count). The first-order valence-corrected chi connectivity index (χ1v) is 8.33. The Morgan fingerprint density at radius 2 is 1.40 bits per heavy atom. The molecule has 0 bridgehead atoms. The van der Waals surface area contributed by atoms with Gasteiger partial charge in [0.15, 0.2) is 0 Å². The Bertz CT molecular complexity index is 373. The minimum absolute atomic E-state index is 0.649. The van der Waals surface area contributed by atoms with Crippen molar-refractivity contribution in [2.75, 3.05) is 0 Å². The van der Waals surface area contributed by atoms with Crippen LogP contribution in [0.2, 0.25) is 0 Å². The third-order valence-corrected chi connectivity index (χ3v) is 5.24. The molecule has 5 atom stereocenters. The van der Waals surface area contributed by atoms with Crippen LogP contribution in [0.1, 0.15) is 45.4 Å². The van der Waals surface area contributed by atoms with Gasteiger partial charge in [-0.05, 0) is 75.0 Å². The van der Waals surface area contributed by atoms with Crippen LogP contribution in [0.4, 0.5) is 0 Å². The molecule has 0 aromatic rings. The largest absolute Gasteiger partial charge is 0.103 e. The lowest BCUT2D eigenvalue weighted by molar-refractivity contribution is 0.287. The van der Waals surface area contributed by atoms with E-state index in [0.29, 0.717) is 17.8 Å². The fourth-order valence-corrected chi connectivity index (χ4v) is 3.96. The third kappa shape index (κ3) is 3.98. The van der Waals surface area contributed by atoms with Crippen LogP contribution in [-0.4, -0.2) is 0 Å². The van der Waals surface area contributed by atoms with E-state index in [1.807, 2.05) is 0 Å². The number of hydrogen-bond donors (Lipinski definition) is 0. The van der Waals surface area contributed by atoms with Crippen molar-refractivity contribution in [3.8, 4) is 0 Å². The molecule has 2 saturated carbocycles. The van der Waals surface area contributed by atoms with Crippen molar-refractivity contribution in [1.82, 2.24) is 0 Å². The highest BCUT2D eigenvalue weighted by atomic mass is 14.3. The molecule has 0 radical (unpaired) electrons. The molecule has 110 valence electrons. The number of hydrogen-bond acceptors (Lipinski definition) is 0. The van der Waals surface area contributed by atoms with E-state index in [1.165, 1.54) is 38.5 Å². The highest BCUT2D eigenvalue weighted by Crippen LogP contribution is 2.38. The lowest BCUT2D eigenvalue weighted by Gasteiger charge is -2.31. The normalized spacial score (nSPS) is 38.5. The molecule has 0 nitrogen and oxygen atoms in total. The summed E-state index contributed by atoms with van der Waals surface area (Å²) in [6.45, 7) is 10.1. The number of allylic oxidation sites excluding steroid dienone is 6. The van der Waals surface area contributed by atoms with E-state index in [9.17, 15) is 0 Å². The minimum Gasteiger partial charge on any atom is -0.103 e. The summed E-state index contributed by atoms with van der Waals surface area (Å²) in [5, 5.41) is 0. The zero-order valence-electron chi connectivity index (χ0n) is 13.0. The van der Waals surface area contributed by atoms with E-state index in [4.69, 9.17) is 0 Å². The highest BCUT2D eigenvalue weighted by Gasteiger charge is 2.26. The van der Waals surface area contributed by atoms with Crippen molar-refractivity contribution >= 4 is 0 Å². The van der Waals surface area contributed by atoms with Crippen LogP contribution in [0.3, 0.4) is 0 Å². The first kappa shape index (κ1) is 15.4. The fourth-order valence-electron chi connectivity index (χ4n) is 3.96. The van der Waals surface area contributed by atoms with E-state index in [0.717, 1.165) is 11.8 Å². The molecule has 0 heteroatoms. The van der Waals surface area contributed by atoms with Gasteiger partial charge in [0, 0.05) is 0 Å². The predicted molar refractivity (Wildman–Crippen MR) is 89.5 cm³/mol. The van der Waals surface area contributed by atoms with Crippen molar-refractivity contribution in [2.24, 2.45) is 29.6 Å². The minimum atomic E-state index is 0.649. The molecule has 0 amide bonds. The monoisotopic (exact) mass is 270 g/mol. The molecule has 0 spiro atoms. The molecule has 0 aromatic carbocycles. The van der Waals surface area contributed by atoms with E-state index in [-0.39, 0.29) is 0 Å². The van der Waals surface area contributed by atoms with E-state index in [2.05, 4.69) is 56.5 Å². The molecule has 2 fully saturated rings. The smallest absolute Gasteiger partial charge is 0.0168 e. The van der Waals surface area contributed by atoms with E-state index in [1.54, 1.807) is 0 Å². The molecule has 5 unspecified atom stereocenters. The van der Waals surface area contributed by atoms with Gasteiger partial charge in [0.05, 0.1) is 0 Å². The average molecular weight is 270 g/mol. The summed E-state index contributed by atoms with van der Waals surface area (Å²) in [6.07, 6.45) is 21.8. The summed E-state index contributed by atoms with van der Waals surface area (Å²) in [5.41, 5.74) is 0. The Morgan fingerprint density at radius 3 is 2.05 bits per heavy atom. The maximum Gasteiger partial charge on any atom is -0.0168 e. The van der Waals surface area contributed by atoms with Gasteiger partial charge in [0.2, 0.25) is 0 Å². The van der Waals surface area contributed by atoms with E-state index >= 15 is 0 Å². The molecular weight excluding hydrogens is 240 g/mol. The topological polar surface area (TPSA) is 0 Å². The van der Waals surface area contributed by atoms with Gasteiger partial charge in [-0.25, -0.2) is 0 Å². The van der Waals surface area contributed by atoms with E-state index < -0.39 is 0 Å². The van der Waals surface area contributed by atoms with Gasteiger partial charge in [0.25, 0.3) is 0 Å². The Morgan fingerprint density at radius 1 is 0.700 bits per heavy atom. The standard InChI is InChI=1S/C20H30/c1-4-7-17-8-9-18(14-17)11-13-20-12-10-16(5-2)15-19(20)6-3/h4-7,11,13,16-20H,2-3,8-10,12,14-15H2,1H3/b7-4+,13-11-. The summed E-state index contributed by atoms with van der Waals surface area (Å²) in [5.74, 6) is 3.69. The Balaban J connectivity index is 1.87. The molecule has 0 aliphatic heterocycles. The zero-order valence-corrected chi connectivity index (χ0v) is 13.0. The molecular formula is C20H30. The summed E-state index contributed by atoms with van der Waals surface area (Å²) >= 11 is 0. The van der Waals surface area contributed by atoms with Crippen LogP contribution in [0.25, 0.3) is 0 Å². The highest BCUT2D eigenvalue weighted by molar-refractivity contribution is 5.05. The zero-order chi connectivity index (χ0) is 14.4. The third-order valence-electron chi connectivity index (χ3n) is 5.24. The number of rotatable bonds is 5. The summed E-state index contributed by atoms with van der Waals surface area (Å²) in [4.78, 5) is 0. The van der Waals surface area contributed by atoms with Crippen LogP contribution in [0, 0.1) is 29.6 Å². The van der Waals surface area contributed by atoms with Gasteiger partial charge in [-0.3, -0.25) is 0 Å². The summed E-state index contributed by atoms with van der Waals surface area (Å²) < 4.78 is 0. The molecule has 2 aliphatic rings. The van der Waals surface area contributed by atoms with Crippen LogP contribution in [0.5, 0.6) is 0 Å². The van der Waals surface area contributed by atoms with Crippen molar-refractivity contribution in [2.45, 2.75) is 45.4 Å². The fraction of sp³-hybridized carbons (Fsp3) is 0.600. The van der Waals surface area contributed by atoms with Gasteiger partial charge >= 0.3 is 0 Å². The quantitative estimate of drug-likeness (QED) is 0.542. The Labute approximate surface area is 125 Å². The van der Waals surface area contributed by atoms with Gasteiger partial charge in [-0.2, -0.15) is 0 Å². The molecule has 20 heavy (non-hydrogen) atoms. The van der Waals surface area contributed by atoms with Crippen molar-refractivity contribution in [1.29, 1.82) is 0 Å². The predicted octanol–water partition coefficient (Wildman–Crippen LogP) is 5.94. The molecule has 2 aliphatic carbocycles. The SMILES string of the molecule is C=CC1CCC(/C=C\C2CCC(/C=C/C)C2)C(C=C)C1. The van der Waals surface area contributed by atoms with Crippen LogP contribution >= 0.6 is 0 Å². The summed E-state index contributed by atoms with van der Waals surface area (Å²) in [6, 6.07) is 0. The van der Waals surface area contributed by atoms with Gasteiger partial charge in [-0.15, -0.1) is 13.2 Å². The van der Waals surface area contributed by atoms with Crippen molar-refractivity contribution in [3.05, 3.63) is 49.6 Å². The van der Waals surface area contributed by atoms with Crippen LogP contribution in [-0.2, 0) is 0 Å². The van der Waals surface area contributed by atoms with Crippen molar-refractivity contribution in [3.63, 3.8) is 0 Å². The molecule has 0 aromatic heterocycles. The summed E-state index contributed by atoms with van der Waals surface area (Å²) in [7, 11) is 0. The molecule has 0 heterocycles. The maximum absolute atomic E-state index is 4.04. The molecule has 0 N–H and O–H groups in total. The second-order valence-corrected chi connectivity index (χ2v) is 6.62. The van der Waals surface area contributed by atoms with Gasteiger partial charge in [-0.1, -0.05) is 36.5 Å². The van der Waals surface area contributed by atoms with Gasteiger partial charge in [0.1, 0.15) is 0 Å². The second kappa shape index (κ2) is 7.67. The van der Waals surface area contributed by atoms with Gasteiger partial charge < -0.3 is 0 Å². The Hall–Kier alpha value is -1.04. The first-order chi connectivity index (χ1) is 9.76. The molecule has 0 saturated heterocycles. The first-order valence-electron chi connectivity index (χ1n) is 8.33.